The second kappa shape index (κ2) is 6.01. The van der Waals surface area contributed by atoms with Gasteiger partial charge in [0.2, 0.25) is 0 Å². The van der Waals surface area contributed by atoms with Crippen LogP contribution < -0.4 is 0 Å². The summed E-state index contributed by atoms with van der Waals surface area (Å²) in [5.41, 5.74) is 0. The molecule has 0 rings (SSSR count). The molecule has 1 atom stereocenters. The van der Waals surface area contributed by atoms with Crippen LogP contribution in [-0.2, 0) is 9.47 Å². The lowest BCUT2D eigenvalue weighted by molar-refractivity contribution is -0.0465. The average Bonchev–Trinajstić information content (AvgIpc) is 1.89. The van der Waals surface area contributed by atoms with Crippen molar-refractivity contribution in [3.05, 3.63) is 0 Å². The molecule has 0 unspecified atom stereocenters. The van der Waals surface area contributed by atoms with Crippen molar-refractivity contribution < 1.29 is 14.6 Å². The third kappa shape index (κ3) is 5.76. The van der Waals surface area contributed by atoms with Gasteiger partial charge in [-0.2, -0.15) is 0 Å². The van der Waals surface area contributed by atoms with E-state index in [1.165, 1.54) is 0 Å². The van der Waals surface area contributed by atoms with Gasteiger partial charge in [-0.05, 0) is 0 Å². The molecule has 3 nitrogen and oxygen atoms in total. The summed E-state index contributed by atoms with van der Waals surface area (Å²) in [4.78, 5) is 0. The lowest BCUT2D eigenvalue weighted by Crippen LogP contribution is -2.10. The Balaban J connectivity index is 2.88. The lowest BCUT2D eigenvalue weighted by atomic mass is 10.2. The maximum atomic E-state index is 8.51. The van der Waals surface area contributed by atoms with E-state index in [0.717, 1.165) is 0 Å². The predicted molar refractivity (Wildman–Crippen MR) is 34.1 cm³/mol. The van der Waals surface area contributed by atoms with Crippen molar-refractivity contribution in [1.29, 1.82) is 0 Å². The van der Waals surface area contributed by atoms with Crippen LogP contribution in [0.2, 0.25) is 0 Å². The third-order valence-corrected chi connectivity index (χ3v) is 0.915. The molecule has 0 saturated carbocycles. The van der Waals surface area contributed by atoms with Crippen LogP contribution >= 0.6 is 0 Å². The third-order valence-electron chi connectivity index (χ3n) is 0.915. The van der Waals surface area contributed by atoms with Gasteiger partial charge in [0.15, 0.2) is 0 Å². The van der Waals surface area contributed by atoms with E-state index in [-0.39, 0.29) is 12.5 Å². The minimum Gasteiger partial charge on any atom is -0.396 e. The Morgan fingerprint density at radius 1 is 1.56 bits per heavy atom. The van der Waals surface area contributed by atoms with Gasteiger partial charge in [-0.25, -0.2) is 0 Å². The lowest BCUT2D eigenvalue weighted by Gasteiger charge is -2.06. The van der Waals surface area contributed by atoms with Gasteiger partial charge in [0.05, 0.1) is 6.61 Å². The zero-order valence-corrected chi connectivity index (χ0v) is 5.96. The van der Waals surface area contributed by atoms with Crippen molar-refractivity contribution in [3.63, 3.8) is 0 Å². The van der Waals surface area contributed by atoms with Crippen molar-refractivity contribution >= 4 is 0 Å². The number of methoxy groups -OCH3 is 1. The van der Waals surface area contributed by atoms with Gasteiger partial charge in [0.25, 0.3) is 0 Å². The largest absolute Gasteiger partial charge is 0.396 e. The summed E-state index contributed by atoms with van der Waals surface area (Å²) in [7, 11) is 1.57. The molecule has 0 aliphatic carbocycles. The van der Waals surface area contributed by atoms with Gasteiger partial charge in [0, 0.05) is 19.6 Å². The summed E-state index contributed by atoms with van der Waals surface area (Å²) in [6.07, 6.45) is 0. The molecule has 0 aliphatic heterocycles. The van der Waals surface area contributed by atoms with Crippen molar-refractivity contribution in [2.75, 3.05) is 27.1 Å². The molecule has 0 aliphatic rings. The van der Waals surface area contributed by atoms with Crippen LogP contribution in [-0.4, -0.2) is 32.2 Å². The molecular formula is C6H14O3. The Morgan fingerprint density at radius 3 is 2.67 bits per heavy atom. The topological polar surface area (TPSA) is 38.7 Å². The summed E-state index contributed by atoms with van der Waals surface area (Å²) < 4.78 is 9.59. The Labute approximate surface area is 55.6 Å². The molecule has 0 bridgehead atoms. The minimum atomic E-state index is 0.170. The first-order chi connectivity index (χ1) is 4.31. The maximum absolute atomic E-state index is 8.51. The molecule has 3 heteroatoms. The number of aliphatic hydroxyl groups is 1. The van der Waals surface area contributed by atoms with E-state index in [2.05, 4.69) is 4.74 Å². The fourth-order valence-corrected chi connectivity index (χ4v) is 0.385. The quantitative estimate of drug-likeness (QED) is 0.432. The second-order valence-corrected chi connectivity index (χ2v) is 2.07. The summed E-state index contributed by atoms with van der Waals surface area (Å²) in [6.45, 7) is 2.95. The van der Waals surface area contributed by atoms with Crippen molar-refractivity contribution in [2.24, 2.45) is 5.92 Å². The SMILES string of the molecule is COCOC[C@@H](C)CO. The number of hydrogen-bond acceptors (Lipinski definition) is 3. The van der Waals surface area contributed by atoms with Gasteiger partial charge >= 0.3 is 0 Å². The molecule has 0 saturated heterocycles. The highest BCUT2D eigenvalue weighted by Gasteiger charge is 1.97. The highest BCUT2D eigenvalue weighted by Crippen LogP contribution is 1.92. The number of hydrogen-bond donors (Lipinski definition) is 1. The fraction of sp³-hybridized carbons (Fsp3) is 1.00. The first kappa shape index (κ1) is 8.88. The molecule has 1 N–H and O–H groups in total. The van der Waals surface area contributed by atoms with E-state index >= 15 is 0 Å². The molecule has 0 aromatic rings. The van der Waals surface area contributed by atoms with Crippen molar-refractivity contribution in [2.45, 2.75) is 6.92 Å². The monoisotopic (exact) mass is 134 g/mol. The Bertz CT molecular complexity index is 56.3. The van der Waals surface area contributed by atoms with Crippen LogP contribution in [0.3, 0.4) is 0 Å². The fourth-order valence-electron chi connectivity index (χ4n) is 0.385. The van der Waals surface area contributed by atoms with E-state index < -0.39 is 0 Å². The normalized spacial score (nSPS) is 13.7. The summed E-state index contributed by atoms with van der Waals surface area (Å²) in [5, 5.41) is 8.51. The van der Waals surface area contributed by atoms with Crippen LogP contribution in [0.4, 0.5) is 0 Å². The van der Waals surface area contributed by atoms with Gasteiger partial charge in [-0.1, -0.05) is 6.92 Å². The number of aliphatic hydroxyl groups excluding tert-OH is 1. The van der Waals surface area contributed by atoms with Gasteiger partial charge in [0.1, 0.15) is 6.79 Å². The minimum absolute atomic E-state index is 0.170. The van der Waals surface area contributed by atoms with Crippen LogP contribution in [0.1, 0.15) is 6.92 Å². The van der Waals surface area contributed by atoms with E-state index in [1.807, 2.05) is 6.92 Å². The average molecular weight is 134 g/mol. The smallest absolute Gasteiger partial charge is 0.146 e. The van der Waals surface area contributed by atoms with E-state index in [1.54, 1.807) is 7.11 Å². The number of rotatable bonds is 5. The van der Waals surface area contributed by atoms with Gasteiger partial charge in [-0.15, -0.1) is 0 Å². The zero-order chi connectivity index (χ0) is 7.11. The summed E-state index contributed by atoms with van der Waals surface area (Å²) in [5.74, 6) is 0.208. The van der Waals surface area contributed by atoms with Crippen LogP contribution in [0.15, 0.2) is 0 Å². The predicted octanol–water partition coefficient (Wildman–Crippen LogP) is 0.235. The first-order valence-electron chi connectivity index (χ1n) is 2.98. The Morgan fingerprint density at radius 2 is 2.22 bits per heavy atom. The standard InChI is InChI=1S/C6H14O3/c1-6(3-7)4-9-5-8-2/h6-7H,3-5H2,1-2H3/t6-/m0/s1. The van der Waals surface area contributed by atoms with Crippen LogP contribution in [0.5, 0.6) is 0 Å². The highest BCUT2D eigenvalue weighted by atomic mass is 16.7. The molecule has 9 heavy (non-hydrogen) atoms. The van der Waals surface area contributed by atoms with Crippen molar-refractivity contribution in [3.8, 4) is 0 Å². The summed E-state index contributed by atoms with van der Waals surface area (Å²) >= 11 is 0. The molecule has 0 aromatic heterocycles. The Kier molecular flexibility index (Phi) is 5.93. The molecule has 56 valence electrons. The molecule has 0 amide bonds. The van der Waals surface area contributed by atoms with Gasteiger partial charge in [-0.3, -0.25) is 0 Å². The molecule has 0 aromatic carbocycles. The van der Waals surface area contributed by atoms with Gasteiger partial charge < -0.3 is 14.6 Å². The maximum Gasteiger partial charge on any atom is 0.146 e. The zero-order valence-electron chi connectivity index (χ0n) is 5.96. The molecule has 0 radical (unpaired) electrons. The molecular weight excluding hydrogens is 120 g/mol. The summed E-state index contributed by atoms with van der Waals surface area (Å²) in [6, 6.07) is 0. The molecule has 0 fully saturated rings. The van der Waals surface area contributed by atoms with E-state index in [4.69, 9.17) is 9.84 Å². The van der Waals surface area contributed by atoms with E-state index in [0.29, 0.717) is 13.4 Å². The Hall–Kier alpha value is -0.120. The van der Waals surface area contributed by atoms with Crippen molar-refractivity contribution in [1.82, 2.24) is 0 Å². The van der Waals surface area contributed by atoms with E-state index in [9.17, 15) is 0 Å². The van der Waals surface area contributed by atoms with Crippen LogP contribution in [0, 0.1) is 5.92 Å². The van der Waals surface area contributed by atoms with Crippen LogP contribution in [0.25, 0.3) is 0 Å². The first-order valence-corrected chi connectivity index (χ1v) is 2.98. The molecule has 0 spiro atoms. The molecule has 0 heterocycles. The number of ether oxygens (including phenoxy) is 2. The highest BCUT2D eigenvalue weighted by molar-refractivity contribution is 4.44. The second-order valence-electron chi connectivity index (χ2n) is 2.07.